The van der Waals surface area contributed by atoms with Crippen molar-refractivity contribution in [1.29, 1.82) is 0 Å². The Bertz CT molecular complexity index is 669. The van der Waals surface area contributed by atoms with Gasteiger partial charge in [0.25, 0.3) is 5.91 Å². The molecule has 0 bridgehead atoms. The van der Waals surface area contributed by atoms with E-state index in [0.717, 1.165) is 11.3 Å². The molecule has 0 fully saturated rings. The second-order valence-corrected chi connectivity index (χ2v) is 5.48. The van der Waals surface area contributed by atoms with Gasteiger partial charge < -0.3 is 14.8 Å². The van der Waals surface area contributed by atoms with Crippen molar-refractivity contribution in [3.63, 3.8) is 0 Å². The molecular formula is C15H13NO4S. The molecule has 6 heteroatoms. The average Bonchev–Trinajstić information content (AvgIpc) is 3.12. The predicted octanol–water partition coefficient (Wildman–Crippen LogP) is 2.48. The fourth-order valence-corrected chi connectivity index (χ4v) is 2.97. The minimum absolute atomic E-state index is 0.269. The molecule has 1 amide bonds. The fraction of sp³-hybridized carbons (Fsp3) is 0.200. The molecule has 0 saturated heterocycles. The van der Waals surface area contributed by atoms with Gasteiger partial charge in [-0.2, -0.15) is 0 Å². The first-order valence-electron chi connectivity index (χ1n) is 6.40. The highest BCUT2D eigenvalue weighted by Crippen LogP contribution is 2.29. The lowest BCUT2D eigenvalue weighted by atomic mass is 10.1. The third-order valence-electron chi connectivity index (χ3n) is 3.23. The third kappa shape index (κ3) is 2.62. The summed E-state index contributed by atoms with van der Waals surface area (Å²) in [4.78, 5) is 24.2. The van der Waals surface area contributed by atoms with Crippen molar-refractivity contribution in [2.45, 2.75) is 12.5 Å². The second-order valence-electron chi connectivity index (χ2n) is 4.56. The standard InChI is InChI=1S/C15H13NO4S/c1-19-15(18)13-10(6-7-21-13)16-14(17)12-8-9-4-2-3-5-11(9)20-12/h2-7,12H,8H2,1H3,(H,16,17). The average molecular weight is 303 g/mol. The summed E-state index contributed by atoms with van der Waals surface area (Å²) in [5.41, 5.74) is 1.47. The number of hydrogen-bond donors (Lipinski definition) is 1. The summed E-state index contributed by atoms with van der Waals surface area (Å²) < 4.78 is 10.3. The number of esters is 1. The number of ether oxygens (including phenoxy) is 2. The van der Waals surface area contributed by atoms with Gasteiger partial charge >= 0.3 is 5.97 Å². The fourth-order valence-electron chi connectivity index (χ4n) is 2.20. The van der Waals surface area contributed by atoms with E-state index in [9.17, 15) is 9.59 Å². The van der Waals surface area contributed by atoms with E-state index in [1.165, 1.54) is 18.4 Å². The number of benzene rings is 1. The highest BCUT2D eigenvalue weighted by atomic mass is 32.1. The van der Waals surface area contributed by atoms with Crippen LogP contribution in [0.1, 0.15) is 15.2 Å². The summed E-state index contributed by atoms with van der Waals surface area (Å²) in [5.74, 6) is 0.00170. The maximum Gasteiger partial charge on any atom is 0.350 e. The number of carbonyl (C=O) groups excluding carboxylic acids is 2. The lowest BCUT2D eigenvalue weighted by Gasteiger charge is -2.11. The molecule has 0 radical (unpaired) electrons. The Kier molecular flexibility index (Phi) is 3.62. The van der Waals surface area contributed by atoms with Crippen LogP contribution in [0.5, 0.6) is 5.75 Å². The van der Waals surface area contributed by atoms with Crippen molar-refractivity contribution in [1.82, 2.24) is 0 Å². The van der Waals surface area contributed by atoms with Crippen molar-refractivity contribution in [2.24, 2.45) is 0 Å². The van der Waals surface area contributed by atoms with E-state index < -0.39 is 12.1 Å². The summed E-state index contributed by atoms with van der Waals surface area (Å²) in [6.07, 6.45) is -0.0486. The zero-order chi connectivity index (χ0) is 14.8. The van der Waals surface area contributed by atoms with Gasteiger partial charge in [-0.05, 0) is 23.1 Å². The van der Waals surface area contributed by atoms with Gasteiger partial charge in [-0.25, -0.2) is 4.79 Å². The molecule has 0 aliphatic carbocycles. The maximum absolute atomic E-state index is 12.3. The minimum atomic E-state index is -0.576. The molecule has 0 saturated carbocycles. The van der Waals surface area contributed by atoms with Crippen LogP contribution in [0.25, 0.3) is 0 Å². The van der Waals surface area contributed by atoms with Crippen molar-refractivity contribution in [3.05, 3.63) is 46.2 Å². The number of anilines is 1. The number of para-hydroxylation sites is 1. The molecule has 3 rings (SSSR count). The summed E-state index contributed by atoms with van der Waals surface area (Å²) in [7, 11) is 1.31. The summed E-state index contributed by atoms with van der Waals surface area (Å²) in [6, 6.07) is 9.24. The Morgan fingerprint density at radius 2 is 2.14 bits per heavy atom. The smallest absolute Gasteiger partial charge is 0.350 e. The first-order valence-corrected chi connectivity index (χ1v) is 7.28. The molecule has 1 aromatic heterocycles. The van der Waals surface area contributed by atoms with Crippen molar-refractivity contribution >= 4 is 28.9 Å². The monoisotopic (exact) mass is 303 g/mol. The van der Waals surface area contributed by atoms with Crippen LogP contribution in [0.4, 0.5) is 5.69 Å². The number of carbonyl (C=O) groups is 2. The Morgan fingerprint density at radius 3 is 2.90 bits per heavy atom. The zero-order valence-corrected chi connectivity index (χ0v) is 12.1. The number of rotatable bonds is 3. The van der Waals surface area contributed by atoms with Crippen molar-refractivity contribution in [3.8, 4) is 5.75 Å². The molecular weight excluding hydrogens is 290 g/mol. The number of nitrogens with one attached hydrogen (secondary N) is 1. The highest BCUT2D eigenvalue weighted by Gasteiger charge is 2.29. The lowest BCUT2D eigenvalue weighted by Crippen LogP contribution is -2.31. The number of thiophene rings is 1. The number of amides is 1. The number of hydrogen-bond acceptors (Lipinski definition) is 5. The van der Waals surface area contributed by atoms with Crippen LogP contribution in [0.3, 0.4) is 0 Å². The van der Waals surface area contributed by atoms with E-state index in [0.29, 0.717) is 17.0 Å². The predicted molar refractivity (Wildman–Crippen MR) is 78.9 cm³/mol. The van der Waals surface area contributed by atoms with Gasteiger partial charge in [0, 0.05) is 6.42 Å². The first kappa shape index (κ1) is 13.6. The van der Waals surface area contributed by atoms with E-state index in [1.54, 1.807) is 11.4 Å². The molecule has 5 nitrogen and oxygen atoms in total. The highest BCUT2D eigenvalue weighted by molar-refractivity contribution is 7.12. The third-order valence-corrected chi connectivity index (χ3v) is 4.13. The maximum atomic E-state index is 12.3. The topological polar surface area (TPSA) is 64.6 Å². The van der Waals surface area contributed by atoms with Gasteiger partial charge in [-0.15, -0.1) is 11.3 Å². The quantitative estimate of drug-likeness (QED) is 0.885. The van der Waals surface area contributed by atoms with E-state index in [-0.39, 0.29) is 5.91 Å². The van der Waals surface area contributed by atoms with Gasteiger partial charge in [-0.3, -0.25) is 4.79 Å². The van der Waals surface area contributed by atoms with Gasteiger partial charge in [0.15, 0.2) is 6.10 Å². The molecule has 1 N–H and O–H groups in total. The van der Waals surface area contributed by atoms with E-state index in [1.807, 2.05) is 24.3 Å². The Morgan fingerprint density at radius 1 is 1.33 bits per heavy atom. The second kappa shape index (κ2) is 5.57. The van der Waals surface area contributed by atoms with Crippen LogP contribution in [-0.2, 0) is 16.0 Å². The van der Waals surface area contributed by atoms with Gasteiger partial charge in [-0.1, -0.05) is 18.2 Å². The molecule has 1 unspecified atom stereocenters. The summed E-state index contributed by atoms with van der Waals surface area (Å²) in [5, 5.41) is 4.46. The lowest BCUT2D eigenvalue weighted by molar-refractivity contribution is -0.122. The largest absolute Gasteiger partial charge is 0.480 e. The number of fused-ring (bicyclic) bond motifs is 1. The van der Waals surface area contributed by atoms with E-state index in [4.69, 9.17) is 4.74 Å². The van der Waals surface area contributed by atoms with Crippen LogP contribution < -0.4 is 10.1 Å². The van der Waals surface area contributed by atoms with Crippen LogP contribution in [0.2, 0.25) is 0 Å². The van der Waals surface area contributed by atoms with Gasteiger partial charge in [0.1, 0.15) is 10.6 Å². The molecule has 1 aliphatic heterocycles. The van der Waals surface area contributed by atoms with Crippen LogP contribution >= 0.6 is 11.3 Å². The van der Waals surface area contributed by atoms with Gasteiger partial charge in [0.2, 0.25) is 0 Å². The summed E-state index contributed by atoms with van der Waals surface area (Å²) >= 11 is 1.22. The molecule has 21 heavy (non-hydrogen) atoms. The number of methoxy groups -OCH3 is 1. The van der Waals surface area contributed by atoms with Crippen LogP contribution in [0, 0.1) is 0 Å². The van der Waals surface area contributed by atoms with E-state index in [2.05, 4.69) is 10.1 Å². The Hall–Kier alpha value is -2.34. The molecule has 1 atom stereocenters. The summed E-state index contributed by atoms with van der Waals surface area (Å²) in [6.45, 7) is 0. The van der Waals surface area contributed by atoms with Crippen LogP contribution in [0.15, 0.2) is 35.7 Å². The van der Waals surface area contributed by atoms with Gasteiger partial charge in [0.05, 0.1) is 12.8 Å². The Balaban J connectivity index is 1.71. The minimum Gasteiger partial charge on any atom is -0.480 e. The van der Waals surface area contributed by atoms with Crippen molar-refractivity contribution < 1.29 is 19.1 Å². The van der Waals surface area contributed by atoms with E-state index >= 15 is 0 Å². The SMILES string of the molecule is COC(=O)c1sccc1NC(=O)C1Cc2ccccc2O1. The molecule has 2 heterocycles. The normalized spacial score (nSPS) is 16.0. The molecule has 1 aromatic carbocycles. The molecule has 0 spiro atoms. The molecule has 1 aliphatic rings. The molecule has 2 aromatic rings. The van der Waals surface area contributed by atoms with Crippen LogP contribution in [-0.4, -0.2) is 25.1 Å². The Labute approximate surface area is 125 Å². The zero-order valence-electron chi connectivity index (χ0n) is 11.3. The van der Waals surface area contributed by atoms with Crippen molar-refractivity contribution in [2.75, 3.05) is 12.4 Å². The first-order chi connectivity index (χ1) is 10.2. The molecule has 108 valence electrons.